The molecule has 0 amide bonds. The molecule has 0 unspecified atom stereocenters. The normalized spacial score (nSPS) is 21.4. The molecule has 2 fully saturated rings. The SMILES string of the molecule is CCNC(=NCC1(N2CCCCC2)CCN(C)CC1)NCCc1ccccc1. The van der Waals surface area contributed by atoms with Gasteiger partial charge in [-0.25, -0.2) is 0 Å². The summed E-state index contributed by atoms with van der Waals surface area (Å²) in [4.78, 5) is 10.3. The van der Waals surface area contributed by atoms with Crippen LogP contribution in [0.25, 0.3) is 0 Å². The second kappa shape index (κ2) is 10.8. The van der Waals surface area contributed by atoms with Crippen molar-refractivity contribution in [3.05, 3.63) is 35.9 Å². The van der Waals surface area contributed by atoms with E-state index in [0.717, 1.165) is 32.0 Å². The van der Waals surface area contributed by atoms with Crippen LogP contribution < -0.4 is 10.6 Å². The minimum absolute atomic E-state index is 0.245. The standard InChI is InChI=1S/C23H39N5/c1-3-24-22(25-15-12-21-10-6-4-7-11-21)26-20-23(13-18-27(2)19-14-23)28-16-8-5-9-17-28/h4,6-7,10-11H,3,5,8-9,12-20H2,1-2H3,(H2,24,25,26). The number of hydrogen-bond donors (Lipinski definition) is 2. The van der Waals surface area contributed by atoms with Crippen molar-refractivity contribution in [3.8, 4) is 0 Å². The summed E-state index contributed by atoms with van der Waals surface area (Å²) in [6.07, 6.45) is 7.56. The van der Waals surface area contributed by atoms with Crippen LogP contribution in [0, 0.1) is 0 Å². The Morgan fingerprint density at radius 1 is 1.00 bits per heavy atom. The molecule has 0 radical (unpaired) electrons. The summed E-state index contributed by atoms with van der Waals surface area (Å²) in [5.41, 5.74) is 1.61. The summed E-state index contributed by atoms with van der Waals surface area (Å²) in [6.45, 7) is 9.72. The Hall–Kier alpha value is -1.59. The quantitative estimate of drug-likeness (QED) is 0.559. The molecule has 0 bridgehead atoms. The summed E-state index contributed by atoms with van der Waals surface area (Å²) < 4.78 is 0. The maximum atomic E-state index is 5.07. The van der Waals surface area contributed by atoms with E-state index in [1.54, 1.807) is 0 Å². The molecular formula is C23H39N5. The number of hydrogen-bond acceptors (Lipinski definition) is 3. The number of nitrogens with zero attached hydrogens (tertiary/aromatic N) is 3. The molecule has 0 aliphatic carbocycles. The van der Waals surface area contributed by atoms with Gasteiger partial charge in [-0.3, -0.25) is 9.89 Å². The molecule has 28 heavy (non-hydrogen) atoms. The molecule has 3 rings (SSSR count). The number of likely N-dealkylation sites (tertiary alicyclic amines) is 2. The summed E-state index contributed by atoms with van der Waals surface area (Å²) in [5.74, 6) is 0.966. The van der Waals surface area contributed by atoms with Crippen molar-refractivity contribution in [2.75, 3.05) is 52.9 Å². The van der Waals surface area contributed by atoms with Crippen LogP contribution in [0.3, 0.4) is 0 Å². The lowest BCUT2D eigenvalue weighted by atomic mass is 9.84. The maximum absolute atomic E-state index is 5.07. The van der Waals surface area contributed by atoms with Gasteiger partial charge in [-0.1, -0.05) is 36.8 Å². The first-order valence-electron chi connectivity index (χ1n) is 11.2. The van der Waals surface area contributed by atoms with Gasteiger partial charge in [-0.15, -0.1) is 0 Å². The van der Waals surface area contributed by atoms with Crippen LogP contribution in [0.15, 0.2) is 35.3 Å². The van der Waals surface area contributed by atoms with Crippen molar-refractivity contribution in [2.24, 2.45) is 4.99 Å². The van der Waals surface area contributed by atoms with E-state index in [1.165, 1.54) is 63.8 Å². The molecule has 1 aromatic rings. The average Bonchev–Trinajstić information content (AvgIpc) is 2.75. The van der Waals surface area contributed by atoms with Gasteiger partial charge in [0.15, 0.2) is 5.96 Å². The van der Waals surface area contributed by atoms with Gasteiger partial charge in [0.05, 0.1) is 6.54 Å². The van der Waals surface area contributed by atoms with Crippen LogP contribution in [-0.2, 0) is 6.42 Å². The molecule has 2 N–H and O–H groups in total. The topological polar surface area (TPSA) is 42.9 Å². The van der Waals surface area contributed by atoms with E-state index in [-0.39, 0.29) is 5.54 Å². The molecule has 2 saturated heterocycles. The third-order valence-electron chi connectivity index (χ3n) is 6.37. The molecular weight excluding hydrogens is 346 g/mol. The fourth-order valence-corrected chi connectivity index (χ4v) is 4.52. The monoisotopic (exact) mass is 385 g/mol. The Morgan fingerprint density at radius 2 is 1.71 bits per heavy atom. The molecule has 5 nitrogen and oxygen atoms in total. The van der Waals surface area contributed by atoms with E-state index in [9.17, 15) is 0 Å². The van der Waals surface area contributed by atoms with Crippen LogP contribution in [0.5, 0.6) is 0 Å². The van der Waals surface area contributed by atoms with Crippen molar-refractivity contribution in [1.82, 2.24) is 20.4 Å². The predicted octanol–water partition coefficient (Wildman–Crippen LogP) is 2.73. The van der Waals surface area contributed by atoms with Crippen molar-refractivity contribution in [1.29, 1.82) is 0 Å². The highest BCUT2D eigenvalue weighted by molar-refractivity contribution is 5.79. The molecule has 0 aromatic heterocycles. The van der Waals surface area contributed by atoms with Gasteiger partial charge in [0.25, 0.3) is 0 Å². The molecule has 5 heteroatoms. The first-order chi connectivity index (χ1) is 13.7. The van der Waals surface area contributed by atoms with Gasteiger partial charge < -0.3 is 15.5 Å². The molecule has 1 aromatic carbocycles. The van der Waals surface area contributed by atoms with Crippen molar-refractivity contribution >= 4 is 5.96 Å². The van der Waals surface area contributed by atoms with Gasteiger partial charge >= 0.3 is 0 Å². The van der Waals surface area contributed by atoms with E-state index < -0.39 is 0 Å². The predicted molar refractivity (Wildman–Crippen MR) is 119 cm³/mol. The van der Waals surface area contributed by atoms with Crippen molar-refractivity contribution < 1.29 is 0 Å². The summed E-state index contributed by atoms with van der Waals surface area (Å²) in [6, 6.07) is 10.7. The summed E-state index contributed by atoms with van der Waals surface area (Å²) in [5, 5.41) is 6.99. The fourth-order valence-electron chi connectivity index (χ4n) is 4.52. The highest BCUT2D eigenvalue weighted by Gasteiger charge is 2.39. The third-order valence-corrected chi connectivity index (χ3v) is 6.37. The second-order valence-electron chi connectivity index (χ2n) is 8.43. The highest BCUT2D eigenvalue weighted by Crippen LogP contribution is 2.31. The molecule has 2 aliphatic rings. The fraction of sp³-hybridized carbons (Fsp3) is 0.696. The van der Waals surface area contributed by atoms with Gasteiger partial charge in [0.2, 0.25) is 0 Å². The van der Waals surface area contributed by atoms with E-state index >= 15 is 0 Å². The number of guanidine groups is 1. The van der Waals surface area contributed by atoms with Crippen LogP contribution in [-0.4, -0.2) is 74.2 Å². The van der Waals surface area contributed by atoms with Gasteiger partial charge in [0, 0.05) is 18.6 Å². The number of piperidine rings is 2. The van der Waals surface area contributed by atoms with Gasteiger partial charge in [-0.2, -0.15) is 0 Å². The lowest BCUT2D eigenvalue weighted by Crippen LogP contribution is -2.58. The molecule has 156 valence electrons. The number of nitrogens with one attached hydrogen (secondary N) is 2. The van der Waals surface area contributed by atoms with Crippen LogP contribution >= 0.6 is 0 Å². The minimum atomic E-state index is 0.245. The van der Waals surface area contributed by atoms with E-state index in [2.05, 4.69) is 64.7 Å². The van der Waals surface area contributed by atoms with Crippen molar-refractivity contribution in [2.45, 2.75) is 51.0 Å². The van der Waals surface area contributed by atoms with E-state index in [4.69, 9.17) is 4.99 Å². The molecule has 0 spiro atoms. The van der Waals surface area contributed by atoms with Gasteiger partial charge in [-0.05, 0) is 77.8 Å². The highest BCUT2D eigenvalue weighted by atomic mass is 15.3. The third kappa shape index (κ3) is 5.95. The second-order valence-corrected chi connectivity index (χ2v) is 8.43. The van der Waals surface area contributed by atoms with E-state index in [0.29, 0.717) is 0 Å². The Kier molecular flexibility index (Phi) is 8.16. The minimum Gasteiger partial charge on any atom is -0.357 e. The van der Waals surface area contributed by atoms with Gasteiger partial charge in [0.1, 0.15) is 0 Å². The smallest absolute Gasteiger partial charge is 0.191 e. The number of benzene rings is 1. The average molecular weight is 386 g/mol. The molecule has 0 atom stereocenters. The van der Waals surface area contributed by atoms with E-state index in [1.807, 2.05) is 0 Å². The van der Waals surface area contributed by atoms with Crippen LogP contribution in [0.1, 0.15) is 44.6 Å². The molecule has 2 heterocycles. The number of rotatable bonds is 7. The first kappa shape index (κ1) is 21.1. The Bertz CT molecular complexity index is 586. The largest absolute Gasteiger partial charge is 0.357 e. The Balaban J connectivity index is 1.62. The summed E-state index contributed by atoms with van der Waals surface area (Å²) in [7, 11) is 2.25. The first-order valence-corrected chi connectivity index (χ1v) is 11.2. The summed E-state index contributed by atoms with van der Waals surface area (Å²) >= 11 is 0. The lowest BCUT2D eigenvalue weighted by molar-refractivity contribution is 0.0208. The molecule has 0 saturated carbocycles. The van der Waals surface area contributed by atoms with Crippen LogP contribution in [0.2, 0.25) is 0 Å². The van der Waals surface area contributed by atoms with Crippen molar-refractivity contribution in [3.63, 3.8) is 0 Å². The Morgan fingerprint density at radius 3 is 2.39 bits per heavy atom. The Labute approximate surface area is 171 Å². The van der Waals surface area contributed by atoms with Crippen LogP contribution in [0.4, 0.5) is 0 Å². The lowest BCUT2D eigenvalue weighted by Gasteiger charge is -2.49. The zero-order valence-electron chi connectivity index (χ0n) is 17.9. The molecule has 2 aliphatic heterocycles. The zero-order chi connectivity index (χ0) is 19.7. The number of aliphatic imine (C=N–C) groups is 1. The maximum Gasteiger partial charge on any atom is 0.191 e. The zero-order valence-corrected chi connectivity index (χ0v) is 17.9.